The van der Waals surface area contributed by atoms with E-state index in [2.05, 4.69) is 44.3 Å². The van der Waals surface area contributed by atoms with Crippen molar-refractivity contribution < 1.29 is 9.47 Å². The van der Waals surface area contributed by atoms with Crippen LogP contribution in [0.4, 0.5) is 0 Å². The fraction of sp³-hybridized carbons (Fsp3) is 0.647. The third kappa shape index (κ3) is 6.40. The minimum Gasteiger partial charge on any atom is -0.491 e. The predicted molar refractivity (Wildman–Crippen MR) is 84.4 cm³/mol. The second-order valence-corrected chi connectivity index (χ2v) is 5.05. The quantitative estimate of drug-likeness (QED) is 0.627. The van der Waals surface area contributed by atoms with Crippen LogP contribution in [0.2, 0.25) is 0 Å². The lowest BCUT2D eigenvalue weighted by atomic mass is 10.1. The molecule has 1 aromatic carbocycles. The van der Waals surface area contributed by atoms with Crippen molar-refractivity contribution in [1.29, 1.82) is 0 Å². The molecule has 0 aliphatic rings. The van der Waals surface area contributed by atoms with E-state index in [-0.39, 0.29) is 0 Å². The molecule has 1 aromatic rings. The molecule has 0 bridgehead atoms. The van der Waals surface area contributed by atoms with Crippen LogP contribution in [0.15, 0.2) is 18.2 Å². The molecule has 0 heterocycles. The van der Waals surface area contributed by atoms with Gasteiger partial charge in [0.05, 0.1) is 6.61 Å². The lowest BCUT2D eigenvalue weighted by Crippen LogP contribution is -2.16. The topological polar surface area (TPSA) is 30.5 Å². The third-order valence-electron chi connectivity index (χ3n) is 3.15. The molecule has 0 unspecified atom stereocenters. The van der Waals surface area contributed by atoms with Gasteiger partial charge in [-0.15, -0.1) is 0 Å². The highest BCUT2D eigenvalue weighted by Crippen LogP contribution is 2.23. The van der Waals surface area contributed by atoms with Crippen molar-refractivity contribution in [2.75, 3.05) is 26.4 Å². The van der Waals surface area contributed by atoms with Gasteiger partial charge >= 0.3 is 0 Å². The van der Waals surface area contributed by atoms with E-state index in [0.29, 0.717) is 13.2 Å². The highest BCUT2D eigenvalue weighted by atomic mass is 16.5. The van der Waals surface area contributed by atoms with Gasteiger partial charge in [-0.3, -0.25) is 0 Å². The number of aryl methyl sites for hydroxylation is 1. The second kappa shape index (κ2) is 10.7. The maximum absolute atomic E-state index is 5.91. The van der Waals surface area contributed by atoms with Gasteiger partial charge in [0, 0.05) is 18.7 Å². The van der Waals surface area contributed by atoms with Gasteiger partial charge in [0.2, 0.25) is 0 Å². The zero-order chi connectivity index (χ0) is 14.6. The summed E-state index contributed by atoms with van der Waals surface area (Å²) in [6.07, 6.45) is 3.44. The highest BCUT2D eigenvalue weighted by molar-refractivity contribution is 5.40. The van der Waals surface area contributed by atoms with Crippen LogP contribution < -0.4 is 10.1 Å². The van der Waals surface area contributed by atoms with Gasteiger partial charge in [0.15, 0.2) is 0 Å². The van der Waals surface area contributed by atoms with Gasteiger partial charge in [-0.2, -0.15) is 0 Å². The second-order valence-electron chi connectivity index (χ2n) is 5.05. The molecule has 3 heteroatoms. The molecule has 0 spiro atoms. The average Bonchev–Trinajstić information content (AvgIpc) is 2.45. The van der Waals surface area contributed by atoms with Crippen molar-refractivity contribution >= 4 is 0 Å². The van der Waals surface area contributed by atoms with E-state index in [4.69, 9.17) is 9.47 Å². The summed E-state index contributed by atoms with van der Waals surface area (Å²) in [5.74, 6) is 1.01. The van der Waals surface area contributed by atoms with Crippen molar-refractivity contribution in [2.24, 2.45) is 0 Å². The Hall–Kier alpha value is -1.06. The Bertz CT molecular complexity index is 366. The zero-order valence-electron chi connectivity index (χ0n) is 13.2. The van der Waals surface area contributed by atoms with Gasteiger partial charge < -0.3 is 14.8 Å². The molecule has 0 aliphatic carbocycles. The van der Waals surface area contributed by atoms with Crippen LogP contribution >= 0.6 is 0 Å². The smallest absolute Gasteiger partial charge is 0.126 e. The van der Waals surface area contributed by atoms with E-state index in [1.807, 2.05) is 0 Å². The summed E-state index contributed by atoms with van der Waals surface area (Å²) in [6.45, 7) is 10.5. The summed E-state index contributed by atoms with van der Waals surface area (Å²) in [5.41, 5.74) is 2.42. The first-order valence-electron chi connectivity index (χ1n) is 7.79. The molecule has 0 amide bonds. The molecule has 3 nitrogen and oxygen atoms in total. The van der Waals surface area contributed by atoms with Crippen LogP contribution in [-0.2, 0) is 11.3 Å². The summed E-state index contributed by atoms with van der Waals surface area (Å²) in [6, 6.07) is 6.31. The molecular formula is C17H29NO2. The van der Waals surface area contributed by atoms with Crippen LogP contribution in [0.5, 0.6) is 5.75 Å². The Kier molecular flexibility index (Phi) is 9.09. The average molecular weight is 279 g/mol. The van der Waals surface area contributed by atoms with Crippen LogP contribution in [-0.4, -0.2) is 26.4 Å². The zero-order valence-corrected chi connectivity index (χ0v) is 13.2. The van der Waals surface area contributed by atoms with Crippen molar-refractivity contribution in [3.8, 4) is 5.75 Å². The largest absolute Gasteiger partial charge is 0.491 e. The van der Waals surface area contributed by atoms with E-state index in [9.17, 15) is 0 Å². The van der Waals surface area contributed by atoms with Gasteiger partial charge in [0.1, 0.15) is 12.4 Å². The molecule has 1 N–H and O–H groups in total. The van der Waals surface area contributed by atoms with Gasteiger partial charge in [0.25, 0.3) is 0 Å². The van der Waals surface area contributed by atoms with E-state index < -0.39 is 0 Å². The highest BCUT2D eigenvalue weighted by Gasteiger charge is 2.06. The fourth-order valence-electron chi connectivity index (χ4n) is 2.01. The monoisotopic (exact) mass is 279 g/mol. The molecular weight excluding hydrogens is 250 g/mol. The maximum atomic E-state index is 5.91. The van der Waals surface area contributed by atoms with E-state index in [0.717, 1.165) is 38.3 Å². The first-order chi connectivity index (χ1) is 9.79. The summed E-state index contributed by atoms with van der Waals surface area (Å²) < 4.78 is 11.4. The molecule has 1 rings (SSSR count). The van der Waals surface area contributed by atoms with Crippen molar-refractivity contribution in [1.82, 2.24) is 5.32 Å². The molecule has 0 fully saturated rings. The van der Waals surface area contributed by atoms with Gasteiger partial charge in [-0.25, -0.2) is 0 Å². The van der Waals surface area contributed by atoms with Crippen molar-refractivity contribution in [3.05, 3.63) is 29.3 Å². The number of benzene rings is 1. The van der Waals surface area contributed by atoms with Crippen molar-refractivity contribution in [2.45, 2.75) is 46.6 Å². The lowest BCUT2D eigenvalue weighted by molar-refractivity contribution is 0.0974. The minimum absolute atomic E-state index is 0.620. The first-order valence-corrected chi connectivity index (χ1v) is 7.79. The Morgan fingerprint density at radius 2 is 1.90 bits per heavy atom. The predicted octanol–water partition coefficient (Wildman–Crippen LogP) is 3.69. The Morgan fingerprint density at radius 3 is 2.65 bits per heavy atom. The molecule has 0 atom stereocenters. The summed E-state index contributed by atoms with van der Waals surface area (Å²) >= 11 is 0. The molecule has 20 heavy (non-hydrogen) atoms. The number of hydrogen-bond donors (Lipinski definition) is 1. The maximum Gasteiger partial charge on any atom is 0.126 e. The molecule has 0 aliphatic heterocycles. The van der Waals surface area contributed by atoms with Gasteiger partial charge in [-0.1, -0.05) is 38.5 Å². The Labute approximate surface area is 123 Å². The van der Waals surface area contributed by atoms with Crippen LogP contribution in [0, 0.1) is 6.92 Å². The lowest BCUT2D eigenvalue weighted by Gasteiger charge is -2.14. The SMILES string of the molecule is CCCCOCCOc1c(C)cccc1CNCCC. The summed E-state index contributed by atoms with van der Waals surface area (Å²) in [7, 11) is 0. The molecule has 0 aromatic heterocycles. The third-order valence-corrected chi connectivity index (χ3v) is 3.15. The Balaban J connectivity index is 2.41. The van der Waals surface area contributed by atoms with Crippen LogP contribution in [0.25, 0.3) is 0 Å². The molecule has 0 saturated carbocycles. The summed E-state index contributed by atoms with van der Waals surface area (Å²) in [5, 5.41) is 3.43. The van der Waals surface area contributed by atoms with Crippen molar-refractivity contribution in [3.63, 3.8) is 0 Å². The normalized spacial score (nSPS) is 10.8. The van der Waals surface area contributed by atoms with E-state index in [1.165, 1.54) is 17.5 Å². The molecule has 0 radical (unpaired) electrons. The van der Waals surface area contributed by atoms with Crippen LogP contribution in [0.1, 0.15) is 44.2 Å². The number of para-hydroxylation sites is 1. The Morgan fingerprint density at radius 1 is 1.05 bits per heavy atom. The fourth-order valence-corrected chi connectivity index (χ4v) is 2.01. The number of ether oxygens (including phenoxy) is 2. The first kappa shape index (κ1) is 17.0. The number of nitrogens with one attached hydrogen (secondary N) is 1. The van der Waals surface area contributed by atoms with E-state index in [1.54, 1.807) is 0 Å². The minimum atomic E-state index is 0.620. The number of unbranched alkanes of at least 4 members (excludes halogenated alkanes) is 1. The number of hydrogen-bond acceptors (Lipinski definition) is 3. The number of rotatable bonds is 11. The molecule has 0 saturated heterocycles. The standard InChI is InChI=1S/C17H29NO2/c1-4-6-11-19-12-13-20-17-15(3)8-7-9-16(17)14-18-10-5-2/h7-9,18H,4-6,10-14H2,1-3H3. The van der Waals surface area contributed by atoms with E-state index >= 15 is 0 Å². The summed E-state index contributed by atoms with van der Waals surface area (Å²) in [4.78, 5) is 0. The molecule has 114 valence electrons. The van der Waals surface area contributed by atoms with Crippen LogP contribution in [0.3, 0.4) is 0 Å². The van der Waals surface area contributed by atoms with Gasteiger partial charge in [-0.05, 0) is 31.9 Å².